The third-order valence-corrected chi connectivity index (χ3v) is 2.99. The van der Waals surface area contributed by atoms with E-state index in [4.69, 9.17) is 9.47 Å². The van der Waals surface area contributed by atoms with Gasteiger partial charge < -0.3 is 19.4 Å². The van der Waals surface area contributed by atoms with Crippen molar-refractivity contribution in [2.75, 3.05) is 0 Å². The molecule has 2 aromatic carbocycles. The van der Waals surface area contributed by atoms with E-state index in [1.165, 1.54) is 0 Å². The number of fused-ring (bicyclic) bond motifs is 2. The van der Waals surface area contributed by atoms with Gasteiger partial charge in [-0.25, -0.2) is 0 Å². The highest BCUT2D eigenvalue weighted by molar-refractivity contribution is 5.69. The highest BCUT2D eigenvalue weighted by Crippen LogP contribution is 2.30. The van der Waals surface area contributed by atoms with Gasteiger partial charge in [0.2, 0.25) is 0 Å². The molecule has 4 nitrogen and oxygen atoms in total. The van der Waals surface area contributed by atoms with E-state index < -0.39 is 12.3 Å². The van der Waals surface area contributed by atoms with E-state index in [9.17, 15) is 9.90 Å². The molecule has 0 aliphatic carbocycles. The van der Waals surface area contributed by atoms with Gasteiger partial charge in [-0.15, -0.1) is 0 Å². The molecule has 0 atom stereocenters. The fourth-order valence-corrected chi connectivity index (χ4v) is 2.09. The van der Waals surface area contributed by atoms with Crippen LogP contribution in [0.25, 0.3) is 0 Å². The molecule has 0 amide bonds. The first-order valence-corrected chi connectivity index (χ1v) is 5.94. The Kier molecular flexibility index (Phi) is 2.83. The van der Waals surface area contributed by atoms with Gasteiger partial charge in [0, 0.05) is 6.42 Å². The van der Waals surface area contributed by atoms with Crippen LogP contribution in [0.1, 0.15) is 11.1 Å². The first-order chi connectivity index (χ1) is 9.24. The number of carboxylic acid groups (broad SMARTS) is 1. The van der Waals surface area contributed by atoms with Crippen LogP contribution in [-0.4, -0.2) is 12.3 Å². The van der Waals surface area contributed by atoms with Crippen molar-refractivity contribution >= 4 is 5.97 Å². The van der Waals surface area contributed by atoms with Crippen molar-refractivity contribution < 1.29 is 19.4 Å². The van der Waals surface area contributed by atoms with Crippen LogP contribution in [-0.2, 0) is 11.2 Å². The number of aliphatic carboxylic acids is 1. The molecule has 0 N–H and O–H groups in total. The molecule has 0 saturated heterocycles. The van der Waals surface area contributed by atoms with Gasteiger partial charge in [0.1, 0.15) is 17.5 Å². The molecule has 96 valence electrons. The number of hydrogen-bond acceptors (Lipinski definition) is 4. The standard InChI is InChI=1S/C15H12O4/c16-14(17)15-18-12-7-3-1-5-10(12)9-11-6-2-4-8-13(11)19-15/h1-8,15H,9H2,(H,16,17)/p-1. The Morgan fingerprint density at radius 1 is 0.947 bits per heavy atom. The minimum Gasteiger partial charge on any atom is -0.543 e. The summed E-state index contributed by atoms with van der Waals surface area (Å²) in [4.78, 5) is 11.1. The minimum atomic E-state index is -1.44. The summed E-state index contributed by atoms with van der Waals surface area (Å²) in [6.07, 6.45) is -0.811. The molecule has 0 bridgehead atoms. The van der Waals surface area contributed by atoms with E-state index in [0.29, 0.717) is 17.9 Å². The van der Waals surface area contributed by atoms with Gasteiger partial charge in [0.05, 0.1) is 0 Å². The highest BCUT2D eigenvalue weighted by Gasteiger charge is 2.21. The molecule has 0 fully saturated rings. The summed E-state index contributed by atoms with van der Waals surface area (Å²) in [7, 11) is 0. The van der Waals surface area contributed by atoms with E-state index in [2.05, 4.69) is 0 Å². The maximum atomic E-state index is 11.1. The fourth-order valence-electron chi connectivity index (χ4n) is 2.09. The molecule has 4 heteroatoms. The van der Waals surface area contributed by atoms with Crippen LogP contribution in [0.2, 0.25) is 0 Å². The quantitative estimate of drug-likeness (QED) is 0.766. The number of para-hydroxylation sites is 2. The SMILES string of the molecule is O=C([O-])C1Oc2ccccc2Cc2ccccc2O1. The second kappa shape index (κ2) is 4.65. The lowest BCUT2D eigenvalue weighted by Gasteiger charge is -2.26. The molecule has 3 rings (SSSR count). The Balaban J connectivity index is 2.10. The van der Waals surface area contributed by atoms with Crippen molar-refractivity contribution in [1.29, 1.82) is 0 Å². The van der Waals surface area contributed by atoms with Crippen LogP contribution < -0.4 is 14.6 Å². The summed E-state index contributed by atoms with van der Waals surface area (Å²) < 4.78 is 10.7. The summed E-state index contributed by atoms with van der Waals surface area (Å²) in [6, 6.07) is 14.6. The highest BCUT2D eigenvalue weighted by atomic mass is 16.7. The summed E-state index contributed by atoms with van der Waals surface area (Å²) in [5.41, 5.74) is 1.84. The molecule has 1 heterocycles. The normalized spacial score (nSPS) is 14.1. The van der Waals surface area contributed by atoms with Crippen molar-refractivity contribution in [3.8, 4) is 11.5 Å². The number of carbonyl (C=O) groups excluding carboxylic acids is 1. The number of benzene rings is 2. The Morgan fingerprint density at radius 2 is 1.42 bits per heavy atom. The Morgan fingerprint density at radius 3 is 1.89 bits per heavy atom. The lowest BCUT2D eigenvalue weighted by molar-refractivity contribution is -0.323. The smallest absolute Gasteiger partial charge is 0.281 e. The molecule has 0 aromatic heterocycles. The number of rotatable bonds is 1. The molecule has 1 aliphatic heterocycles. The maximum Gasteiger partial charge on any atom is 0.281 e. The first kappa shape index (κ1) is 11.6. The van der Waals surface area contributed by atoms with Crippen LogP contribution in [0.5, 0.6) is 11.5 Å². The number of carboxylic acids is 1. The predicted octanol–water partition coefficient (Wildman–Crippen LogP) is 1.12. The van der Waals surface area contributed by atoms with Crippen molar-refractivity contribution in [3.05, 3.63) is 59.7 Å². The second-order valence-electron chi connectivity index (χ2n) is 4.28. The summed E-state index contributed by atoms with van der Waals surface area (Å²) in [5.74, 6) is -0.385. The average molecular weight is 255 g/mol. The van der Waals surface area contributed by atoms with Crippen LogP contribution in [0, 0.1) is 0 Å². The zero-order chi connectivity index (χ0) is 13.2. The molecule has 0 saturated carbocycles. The molecule has 0 unspecified atom stereocenters. The van der Waals surface area contributed by atoms with Gasteiger partial charge in [0.25, 0.3) is 6.29 Å². The fraction of sp³-hybridized carbons (Fsp3) is 0.133. The van der Waals surface area contributed by atoms with Gasteiger partial charge in [-0.1, -0.05) is 36.4 Å². The Bertz CT molecular complexity index is 574. The topological polar surface area (TPSA) is 58.6 Å². The van der Waals surface area contributed by atoms with E-state index >= 15 is 0 Å². The molecule has 0 radical (unpaired) electrons. The zero-order valence-electron chi connectivity index (χ0n) is 10.0. The van der Waals surface area contributed by atoms with Crippen molar-refractivity contribution in [2.24, 2.45) is 0 Å². The number of ether oxygens (including phenoxy) is 2. The van der Waals surface area contributed by atoms with Gasteiger partial charge in [-0.3, -0.25) is 0 Å². The van der Waals surface area contributed by atoms with Crippen molar-refractivity contribution in [2.45, 2.75) is 12.7 Å². The summed E-state index contributed by atoms with van der Waals surface area (Å²) in [5, 5.41) is 11.1. The van der Waals surface area contributed by atoms with Crippen molar-refractivity contribution in [1.82, 2.24) is 0 Å². The van der Waals surface area contributed by atoms with Gasteiger partial charge in [0.15, 0.2) is 0 Å². The first-order valence-electron chi connectivity index (χ1n) is 5.94. The van der Waals surface area contributed by atoms with E-state index in [0.717, 1.165) is 11.1 Å². The predicted molar refractivity (Wildman–Crippen MR) is 65.7 cm³/mol. The average Bonchev–Trinajstić information content (AvgIpc) is 2.38. The van der Waals surface area contributed by atoms with Gasteiger partial charge in [-0.2, -0.15) is 0 Å². The molecular formula is C15H11O4-. The second-order valence-corrected chi connectivity index (χ2v) is 4.28. The summed E-state index contributed by atoms with van der Waals surface area (Å²) in [6.45, 7) is 0. The molecule has 0 spiro atoms. The summed E-state index contributed by atoms with van der Waals surface area (Å²) >= 11 is 0. The van der Waals surface area contributed by atoms with Crippen LogP contribution >= 0.6 is 0 Å². The molecule has 19 heavy (non-hydrogen) atoms. The van der Waals surface area contributed by atoms with E-state index in [1.54, 1.807) is 24.3 Å². The van der Waals surface area contributed by atoms with Gasteiger partial charge >= 0.3 is 0 Å². The van der Waals surface area contributed by atoms with Crippen molar-refractivity contribution in [3.63, 3.8) is 0 Å². The number of hydrogen-bond donors (Lipinski definition) is 0. The van der Waals surface area contributed by atoms with E-state index in [-0.39, 0.29) is 0 Å². The third-order valence-electron chi connectivity index (χ3n) is 2.99. The largest absolute Gasteiger partial charge is 0.543 e. The van der Waals surface area contributed by atoms with Crippen LogP contribution in [0.15, 0.2) is 48.5 Å². The minimum absolute atomic E-state index is 0.506. The lowest BCUT2D eigenvalue weighted by Crippen LogP contribution is -2.44. The Hall–Kier alpha value is -2.49. The number of carbonyl (C=O) groups is 1. The molecule has 1 aliphatic rings. The van der Waals surface area contributed by atoms with Crippen LogP contribution in [0.3, 0.4) is 0 Å². The van der Waals surface area contributed by atoms with Crippen LogP contribution in [0.4, 0.5) is 0 Å². The molecule has 2 aromatic rings. The zero-order valence-corrected chi connectivity index (χ0v) is 10.0. The van der Waals surface area contributed by atoms with E-state index in [1.807, 2.05) is 24.3 Å². The molecular weight excluding hydrogens is 244 g/mol. The third kappa shape index (κ3) is 2.25. The Labute approximate surface area is 110 Å². The monoisotopic (exact) mass is 255 g/mol. The lowest BCUT2D eigenvalue weighted by atomic mass is 10.0. The van der Waals surface area contributed by atoms with Gasteiger partial charge in [-0.05, 0) is 23.3 Å². The maximum absolute atomic E-state index is 11.1.